The van der Waals surface area contributed by atoms with Gasteiger partial charge in [-0.25, -0.2) is 0 Å². The molecule has 0 unspecified atom stereocenters. The lowest BCUT2D eigenvalue weighted by atomic mass is 9.88. The van der Waals surface area contributed by atoms with Gasteiger partial charge in [0.05, 0.1) is 29.5 Å². The molecule has 1 aromatic heterocycles. The summed E-state index contributed by atoms with van der Waals surface area (Å²) in [6.07, 6.45) is -8.62. The molecule has 0 aliphatic carbocycles. The summed E-state index contributed by atoms with van der Waals surface area (Å²) in [5, 5.41) is 2.69. The first-order valence-corrected chi connectivity index (χ1v) is 10.2. The van der Waals surface area contributed by atoms with E-state index in [-0.39, 0.29) is 18.4 Å². The number of hydrogen-bond donors (Lipinski definition) is 1. The van der Waals surface area contributed by atoms with Crippen molar-refractivity contribution < 1.29 is 35.9 Å². The molecule has 34 heavy (non-hydrogen) atoms. The first kappa shape index (κ1) is 25.1. The highest BCUT2D eigenvalue weighted by molar-refractivity contribution is 5.80. The monoisotopic (exact) mass is 482 g/mol. The van der Waals surface area contributed by atoms with Crippen LogP contribution in [0, 0.1) is 0 Å². The summed E-state index contributed by atoms with van der Waals surface area (Å²) in [5.74, 6) is -1.82. The Morgan fingerprint density at radius 1 is 0.912 bits per heavy atom. The predicted octanol–water partition coefficient (Wildman–Crippen LogP) is 6.62. The van der Waals surface area contributed by atoms with Crippen LogP contribution in [-0.4, -0.2) is 17.6 Å². The standard InChI is InChI=1S/C24H20F6N2O2/c1-2-34-22(33)20(15-8-4-3-5-9-15)21(19-10-6-7-11-31-19)32-18-13-16(23(25,26)27)12-17(14-18)24(28,29)30/h3-14,20-21,32H,2H2,1H3/t20-,21-/m1/s1. The zero-order valence-electron chi connectivity index (χ0n) is 17.8. The van der Waals surface area contributed by atoms with Crippen LogP contribution in [0.3, 0.4) is 0 Å². The van der Waals surface area contributed by atoms with E-state index < -0.39 is 47.1 Å². The molecule has 3 rings (SSSR count). The van der Waals surface area contributed by atoms with Crippen molar-refractivity contribution in [3.63, 3.8) is 0 Å². The van der Waals surface area contributed by atoms with Crippen molar-refractivity contribution in [2.45, 2.75) is 31.2 Å². The Balaban J connectivity index is 2.17. The maximum absolute atomic E-state index is 13.4. The summed E-state index contributed by atoms with van der Waals surface area (Å²) >= 11 is 0. The van der Waals surface area contributed by atoms with Crippen LogP contribution in [0.5, 0.6) is 0 Å². The molecule has 0 saturated heterocycles. The van der Waals surface area contributed by atoms with Crippen molar-refractivity contribution >= 4 is 11.7 Å². The van der Waals surface area contributed by atoms with Gasteiger partial charge in [0, 0.05) is 11.9 Å². The third kappa shape index (κ3) is 6.06. The van der Waals surface area contributed by atoms with Gasteiger partial charge in [0.1, 0.15) is 5.92 Å². The maximum atomic E-state index is 13.4. The molecule has 0 radical (unpaired) electrons. The SMILES string of the molecule is CCOC(=O)[C@H](c1ccccc1)[C@H](Nc1cc(C(F)(F)F)cc(C(F)(F)F)c1)c1ccccn1. The van der Waals surface area contributed by atoms with Crippen molar-refractivity contribution in [2.75, 3.05) is 11.9 Å². The van der Waals surface area contributed by atoms with E-state index in [0.717, 1.165) is 0 Å². The van der Waals surface area contributed by atoms with Gasteiger partial charge in [0.25, 0.3) is 0 Å². The fourth-order valence-corrected chi connectivity index (χ4v) is 3.46. The topological polar surface area (TPSA) is 51.2 Å². The number of carbonyl (C=O) groups excluding carboxylic acids is 1. The number of nitrogens with one attached hydrogen (secondary N) is 1. The molecule has 3 aromatic rings. The smallest absolute Gasteiger partial charge is 0.416 e. The fourth-order valence-electron chi connectivity index (χ4n) is 3.46. The van der Waals surface area contributed by atoms with Gasteiger partial charge in [-0.1, -0.05) is 36.4 Å². The Bertz CT molecular complexity index is 1070. The molecule has 0 saturated carbocycles. The average Bonchev–Trinajstić information content (AvgIpc) is 2.79. The number of rotatable bonds is 7. The second-order valence-electron chi connectivity index (χ2n) is 7.31. The Morgan fingerprint density at radius 2 is 1.50 bits per heavy atom. The zero-order chi connectivity index (χ0) is 24.9. The van der Waals surface area contributed by atoms with E-state index in [1.807, 2.05) is 0 Å². The summed E-state index contributed by atoms with van der Waals surface area (Å²) in [5.41, 5.74) is -2.74. The van der Waals surface area contributed by atoms with Gasteiger partial charge in [0.2, 0.25) is 0 Å². The molecule has 0 amide bonds. The summed E-state index contributed by atoms with van der Waals surface area (Å²) < 4.78 is 85.4. The fraction of sp³-hybridized carbons (Fsp3) is 0.250. The van der Waals surface area contributed by atoms with E-state index in [0.29, 0.717) is 17.7 Å². The second kappa shape index (κ2) is 10.1. The Hall–Kier alpha value is -3.56. The van der Waals surface area contributed by atoms with E-state index >= 15 is 0 Å². The molecule has 10 heteroatoms. The van der Waals surface area contributed by atoms with Crippen LogP contribution in [0.2, 0.25) is 0 Å². The highest BCUT2D eigenvalue weighted by Gasteiger charge is 2.38. The molecule has 0 bridgehead atoms. The largest absolute Gasteiger partial charge is 0.465 e. The number of benzene rings is 2. The first-order chi connectivity index (χ1) is 16.0. The predicted molar refractivity (Wildman–Crippen MR) is 113 cm³/mol. The van der Waals surface area contributed by atoms with Gasteiger partial charge >= 0.3 is 18.3 Å². The third-order valence-electron chi connectivity index (χ3n) is 4.95. The minimum absolute atomic E-state index is 0.0267. The molecule has 1 heterocycles. The number of aromatic nitrogens is 1. The second-order valence-corrected chi connectivity index (χ2v) is 7.31. The van der Waals surface area contributed by atoms with E-state index in [4.69, 9.17) is 4.74 Å². The number of alkyl halides is 6. The molecule has 0 aliphatic heterocycles. The average molecular weight is 482 g/mol. The number of anilines is 1. The molecular formula is C24H20F6N2O2. The van der Waals surface area contributed by atoms with Gasteiger partial charge < -0.3 is 10.1 Å². The Morgan fingerprint density at radius 3 is 2.00 bits per heavy atom. The van der Waals surface area contributed by atoms with Crippen molar-refractivity contribution in [1.82, 2.24) is 4.98 Å². The molecule has 2 atom stereocenters. The van der Waals surface area contributed by atoms with E-state index in [1.54, 1.807) is 49.4 Å². The van der Waals surface area contributed by atoms with Crippen LogP contribution >= 0.6 is 0 Å². The number of esters is 1. The maximum Gasteiger partial charge on any atom is 0.416 e. The number of nitrogens with zero attached hydrogens (tertiary/aromatic N) is 1. The number of pyridine rings is 1. The van der Waals surface area contributed by atoms with Gasteiger partial charge in [-0.05, 0) is 42.8 Å². The molecule has 180 valence electrons. The van der Waals surface area contributed by atoms with Crippen molar-refractivity contribution in [3.05, 3.63) is 95.3 Å². The van der Waals surface area contributed by atoms with Crippen LogP contribution in [0.4, 0.5) is 32.0 Å². The molecule has 0 fully saturated rings. The summed E-state index contributed by atoms with van der Waals surface area (Å²) in [6, 6.07) is 13.0. The van der Waals surface area contributed by atoms with Gasteiger partial charge in [-0.3, -0.25) is 9.78 Å². The quantitative estimate of drug-likeness (QED) is 0.304. The van der Waals surface area contributed by atoms with Crippen LogP contribution in [0.1, 0.15) is 41.3 Å². The van der Waals surface area contributed by atoms with Crippen LogP contribution in [0.15, 0.2) is 72.9 Å². The van der Waals surface area contributed by atoms with Gasteiger partial charge in [-0.15, -0.1) is 0 Å². The molecule has 1 N–H and O–H groups in total. The molecular weight excluding hydrogens is 462 g/mol. The molecule has 4 nitrogen and oxygen atoms in total. The molecule has 0 spiro atoms. The van der Waals surface area contributed by atoms with Crippen LogP contribution < -0.4 is 5.32 Å². The first-order valence-electron chi connectivity index (χ1n) is 10.2. The number of carbonyl (C=O) groups is 1. The molecule has 0 aliphatic rings. The molecule has 2 aromatic carbocycles. The minimum atomic E-state index is -5.02. The van der Waals surface area contributed by atoms with E-state index in [1.165, 1.54) is 12.3 Å². The number of halogens is 6. The Labute approximate surface area is 191 Å². The number of ether oxygens (including phenoxy) is 1. The normalized spacial score (nSPS) is 13.7. The Kier molecular flexibility index (Phi) is 7.48. The lowest BCUT2D eigenvalue weighted by Crippen LogP contribution is -2.28. The highest BCUT2D eigenvalue weighted by Crippen LogP contribution is 2.40. The lowest BCUT2D eigenvalue weighted by molar-refractivity contribution is -0.146. The van der Waals surface area contributed by atoms with Crippen LogP contribution in [-0.2, 0) is 21.9 Å². The summed E-state index contributed by atoms with van der Waals surface area (Å²) in [7, 11) is 0. The van der Waals surface area contributed by atoms with Crippen molar-refractivity contribution in [3.8, 4) is 0 Å². The van der Waals surface area contributed by atoms with Gasteiger partial charge in [-0.2, -0.15) is 26.3 Å². The van der Waals surface area contributed by atoms with Gasteiger partial charge in [0.15, 0.2) is 0 Å². The van der Waals surface area contributed by atoms with Crippen molar-refractivity contribution in [2.24, 2.45) is 0 Å². The van der Waals surface area contributed by atoms with E-state index in [9.17, 15) is 31.1 Å². The van der Waals surface area contributed by atoms with Crippen molar-refractivity contribution in [1.29, 1.82) is 0 Å². The summed E-state index contributed by atoms with van der Waals surface area (Å²) in [6.45, 7) is 1.62. The zero-order valence-corrected chi connectivity index (χ0v) is 17.8. The van der Waals surface area contributed by atoms with Crippen LogP contribution in [0.25, 0.3) is 0 Å². The summed E-state index contributed by atoms with van der Waals surface area (Å²) in [4.78, 5) is 17.1. The number of hydrogen-bond acceptors (Lipinski definition) is 4. The third-order valence-corrected chi connectivity index (χ3v) is 4.95. The minimum Gasteiger partial charge on any atom is -0.465 e. The lowest BCUT2D eigenvalue weighted by Gasteiger charge is -2.28. The highest BCUT2D eigenvalue weighted by atomic mass is 19.4. The van der Waals surface area contributed by atoms with E-state index in [2.05, 4.69) is 10.3 Å².